The van der Waals surface area contributed by atoms with E-state index in [1.54, 1.807) is 69.3 Å². The molecule has 2 rings (SSSR count). The molecule has 0 saturated carbocycles. The average Bonchev–Trinajstić information content (AvgIpc) is 2.52. The highest BCUT2D eigenvalue weighted by atomic mass is 32.2. The molecule has 5 nitrogen and oxygen atoms in total. The molecular weight excluding hydrogens is 326 g/mol. The molecule has 0 saturated heterocycles. The third kappa shape index (κ3) is 4.58. The third-order valence-electron chi connectivity index (χ3n) is 3.13. The molecule has 0 heterocycles. The van der Waals surface area contributed by atoms with Gasteiger partial charge >= 0.3 is 6.09 Å². The topological polar surface area (TPSA) is 72.5 Å². The van der Waals surface area contributed by atoms with Gasteiger partial charge < -0.3 is 10.1 Å². The monoisotopic (exact) mass is 347 g/mol. The zero-order chi connectivity index (χ0) is 17.8. The fraction of sp³-hybridized carbons (Fsp3) is 0.278. The molecule has 0 aliphatic rings. The lowest BCUT2D eigenvalue weighted by molar-refractivity contribution is 0.0519. The molecule has 1 N–H and O–H groups in total. The van der Waals surface area contributed by atoms with Crippen molar-refractivity contribution in [1.82, 2.24) is 5.32 Å². The lowest BCUT2D eigenvalue weighted by Gasteiger charge is -2.24. The quantitative estimate of drug-likeness (QED) is 0.915. The number of sulfone groups is 1. The fourth-order valence-electron chi connectivity index (χ4n) is 2.13. The summed E-state index contributed by atoms with van der Waals surface area (Å²) in [6.07, 6.45) is -0.782. The SMILES string of the molecule is CC(C)(C)OC(=O)N[C@@H](c1ccccc1)S(=O)(=O)c1ccccc1. The zero-order valence-corrected chi connectivity index (χ0v) is 14.7. The Morgan fingerprint density at radius 2 is 1.46 bits per heavy atom. The number of amides is 1. The van der Waals surface area contributed by atoms with Crippen LogP contribution < -0.4 is 5.32 Å². The van der Waals surface area contributed by atoms with Gasteiger partial charge in [-0.25, -0.2) is 13.2 Å². The van der Waals surface area contributed by atoms with Gasteiger partial charge in [0.1, 0.15) is 5.60 Å². The van der Waals surface area contributed by atoms with E-state index in [9.17, 15) is 13.2 Å². The molecular formula is C18H21NO4S. The number of hydrogen-bond acceptors (Lipinski definition) is 4. The maximum Gasteiger partial charge on any atom is 0.408 e. The minimum atomic E-state index is -3.82. The predicted octanol–water partition coefficient (Wildman–Crippen LogP) is 3.68. The first kappa shape index (κ1) is 18.0. The van der Waals surface area contributed by atoms with E-state index < -0.39 is 26.9 Å². The molecule has 0 bridgehead atoms. The maximum absolute atomic E-state index is 13.0. The lowest BCUT2D eigenvalue weighted by atomic mass is 10.2. The smallest absolute Gasteiger partial charge is 0.408 e. The molecule has 0 radical (unpaired) electrons. The summed E-state index contributed by atoms with van der Waals surface area (Å²) in [6, 6.07) is 16.6. The number of hydrogen-bond donors (Lipinski definition) is 1. The number of rotatable bonds is 4. The molecule has 2 aromatic rings. The minimum absolute atomic E-state index is 0.134. The summed E-state index contributed by atoms with van der Waals surface area (Å²) < 4.78 is 31.1. The van der Waals surface area contributed by atoms with Crippen LogP contribution in [-0.2, 0) is 14.6 Å². The standard InChI is InChI=1S/C18H21NO4S/c1-18(2,3)23-17(20)19-16(14-10-6-4-7-11-14)24(21,22)15-12-8-5-9-13-15/h4-13,16H,1-3H3,(H,19,20)/t16-/m1/s1. The summed E-state index contributed by atoms with van der Waals surface area (Å²) in [5, 5.41) is 1.25. The largest absolute Gasteiger partial charge is 0.444 e. The Balaban J connectivity index is 2.39. The molecule has 0 fully saturated rings. The Kier molecular flexibility index (Phi) is 5.29. The van der Waals surface area contributed by atoms with Crippen LogP contribution in [0.3, 0.4) is 0 Å². The molecule has 0 spiro atoms. The van der Waals surface area contributed by atoms with E-state index in [1.165, 1.54) is 12.1 Å². The van der Waals surface area contributed by atoms with Gasteiger partial charge in [0.15, 0.2) is 5.37 Å². The van der Waals surface area contributed by atoms with Crippen LogP contribution in [0.1, 0.15) is 31.7 Å². The van der Waals surface area contributed by atoms with Crippen LogP contribution in [0.25, 0.3) is 0 Å². The Morgan fingerprint density at radius 3 is 1.96 bits per heavy atom. The van der Waals surface area contributed by atoms with Crippen molar-refractivity contribution in [2.45, 2.75) is 36.6 Å². The molecule has 0 aromatic heterocycles. The Morgan fingerprint density at radius 1 is 0.958 bits per heavy atom. The summed E-state index contributed by atoms with van der Waals surface area (Å²) in [6.45, 7) is 5.15. The molecule has 0 aliphatic carbocycles. The Hall–Kier alpha value is -2.34. The van der Waals surface area contributed by atoms with Crippen molar-refractivity contribution in [1.29, 1.82) is 0 Å². The summed E-state index contributed by atoms with van der Waals surface area (Å²) in [4.78, 5) is 12.3. The third-order valence-corrected chi connectivity index (χ3v) is 5.07. The summed E-state index contributed by atoms with van der Waals surface area (Å²) >= 11 is 0. The number of alkyl carbamates (subject to hydrolysis) is 1. The van der Waals surface area contributed by atoms with Crippen LogP contribution in [0.15, 0.2) is 65.6 Å². The van der Waals surface area contributed by atoms with E-state index in [-0.39, 0.29) is 4.90 Å². The molecule has 1 amide bonds. The van der Waals surface area contributed by atoms with Crippen molar-refractivity contribution < 1.29 is 17.9 Å². The number of carbonyl (C=O) groups is 1. The molecule has 24 heavy (non-hydrogen) atoms. The zero-order valence-electron chi connectivity index (χ0n) is 13.9. The van der Waals surface area contributed by atoms with Gasteiger partial charge in [0, 0.05) is 0 Å². The van der Waals surface area contributed by atoms with Gasteiger partial charge in [0.2, 0.25) is 9.84 Å². The number of carbonyl (C=O) groups excluding carboxylic acids is 1. The highest BCUT2D eigenvalue weighted by molar-refractivity contribution is 7.91. The highest BCUT2D eigenvalue weighted by Crippen LogP contribution is 2.27. The molecule has 0 aliphatic heterocycles. The van der Waals surface area contributed by atoms with Crippen molar-refractivity contribution in [2.24, 2.45) is 0 Å². The van der Waals surface area contributed by atoms with Crippen LogP contribution in [0.2, 0.25) is 0 Å². The van der Waals surface area contributed by atoms with Gasteiger partial charge in [0.05, 0.1) is 4.90 Å². The fourth-order valence-corrected chi connectivity index (χ4v) is 3.70. The van der Waals surface area contributed by atoms with E-state index in [1.807, 2.05) is 0 Å². The van der Waals surface area contributed by atoms with Crippen molar-refractivity contribution in [3.05, 3.63) is 66.2 Å². The van der Waals surface area contributed by atoms with Crippen molar-refractivity contribution in [3.8, 4) is 0 Å². The summed E-state index contributed by atoms with van der Waals surface area (Å²) in [5.74, 6) is 0. The normalized spacial score (nSPS) is 13.1. The van der Waals surface area contributed by atoms with E-state index >= 15 is 0 Å². The average molecular weight is 347 g/mol. The van der Waals surface area contributed by atoms with Crippen molar-refractivity contribution in [3.63, 3.8) is 0 Å². The maximum atomic E-state index is 13.0. The Bertz CT molecular complexity index is 781. The number of ether oxygens (including phenoxy) is 1. The molecule has 2 aromatic carbocycles. The van der Waals surface area contributed by atoms with E-state index in [4.69, 9.17) is 4.74 Å². The van der Waals surface area contributed by atoms with E-state index in [0.29, 0.717) is 5.56 Å². The number of nitrogens with one attached hydrogen (secondary N) is 1. The molecule has 0 unspecified atom stereocenters. The van der Waals surface area contributed by atoms with Crippen LogP contribution in [0, 0.1) is 0 Å². The first-order valence-electron chi connectivity index (χ1n) is 7.53. The predicted molar refractivity (Wildman–Crippen MR) is 92.2 cm³/mol. The van der Waals surface area contributed by atoms with Crippen LogP contribution in [0.5, 0.6) is 0 Å². The number of benzene rings is 2. The van der Waals surface area contributed by atoms with Crippen LogP contribution >= 0.6 is 0 Å². The molecule has 6 heteroatoms. The van der Waals surface area contributed by atoms with Crippen LogP contribution in [0.4, 0.5) is 4.79 Å². The second-order valence-electron chi connectivity index (χ2n) is 6.30. The minimum Gasteiger partial charge on any atom is -0.444 e. The van der Waals surface area contributed by atoms with Gasteiger partial charge in [0.25, 0.3) is 0 Å². The van der Waals surface area contributed by atoms with Gasteiger partial charge in [-0.3, -0.25) is 0 Å². The molecule has 1 atom stereocenters. The van der Waals surface area contributed by atoms with Gasteiger partial charge in [-0.1, -0.05) is 48.5 Å². The summed E-state index contributed by atoms with van der Waals surface area (Å²) in [7, 11) is -3.82. The lowest BCUT2D eigenvalue weighted by Crippen LogP contribution is -2.38. The first-order chi connectivity index (χ1) is 11.2. The van der Waals surface area contributed by atoms with Crippen LogP contribution in [-0.4, -0.2) is 20.1 Å². The summed E-state index contributed by atoms with van der Waals surface area (Å²) in [5.41, 5.74) is -0.255. The second kappa shape index (κ2) is 7.05. The second-order valence-corrected chi connectivity index (χ2v) is 8.33. The van der Waals surface area contributed by atoms with Gasteiger partial charge in [-0.05, 0) is 38.5 Å². The van der Waals surface area contributed by atoms with Crippen molar-refractivity contribution >= 4 is 15.9 Å². The van der Waals surface area contributed by atoms with Gasteiger partial charge in [-0.15, -0.1) is 0 Å². The van der Waals surface area contributed by atoms with E-state index in [0.717, 1.165) is 0 Å². The Labute approximate surface area is 142 Å². The first-order valence-corrected chi connectivity index (χ1v) is 9.08. The van der Waals surface area contributed by atoms with E-state index in [2.05, 4.69) is 5.32 Å². The highest BCUT2D eigenvalue weighted by Gasteiger charge is 2.32. The van der Waals surface area contributed by atoms with Gasteiger partial charge in [-0.2, -0.15) is 0 Å². The molecule has 128 valence electrons. The van der Waals surface area contributed by atoms with Crippen molar-refractivity contribution in [2.75, 3.05) is 0 Å².